The highest BCUT2D eigenvalue weighted by Crippen LogP contribution is 2.25. The van der Waals surface area contributed by atoms with Crippen LogP contribution in [0.15, 0.2) is 60.7 Å². The SMILES string of the molecule is CCCc1ccc(-c2ccc(CCCC(=O)c3ccc(OCC)c(F)c3C)cc2)cc1. The maximum absolute atomic E-state index is 14.4. The lowest BCUT2D eigenvalue weighted by Gasteiger charge is -2.11. The van der Waals surface area contributed by atoms with E-state index in [1.807, 2.05) is 6.92 Å². The maximum atomic E-state index is 14.4. The molecule has 162 valence electrons. The van der Waals surface area contributed by atoms with E-state index < -0.39 is 5.82 Å². The lowest BCUT2D eigenvalue weighted by atomic mass is 9.97. The van der Waals surface area contributed by atoms with Crippen molar-refractivity contribution < 1.29 is 13.9 Å². The molecular weight excluding hydrogens is 387 g/mol. The Bertz CT molecular complexity index is 1000. The van der Waals surface area contributed by atoms with Crippen LogP contribution in [-0.4, -0.2) is 12.4 Å². The van der Waals surface area contributed by atoms with Crippen molar-refractivity contribution in [3.63, 3.8) is 0 Å². The zero-order valence-electron chi connectivity index (χ0n) is 18.7. The van der Waals surface area contributed by atoms with Gasteiger partial charge >= 0.3 is 0 Å². The van der Waals surface area contributed by atoms with Crippen LogP contribution in [0.5, 0.6) is 5.75 Å². The van der Waals surface area contributed by atoms with Gasteiger partial charge in [0.25, 0.3) is 0 Å². The third-order valence-electron chi connectivity index (χ3n) is 5.60. The molecule has 0 amide bonds. The second-order valence-electron chi connectivity index (χ2n) is 7.90. The molecule has 0 heterocycles. The molecule has 3 aromatic rings. The van der Waals surface area contributed by atoms with Crippen molar-refractivity contribution in [1.82, 2.24) is 0 Å². The Labute approximate surface area is 185 Å². The van der Waals surface area contributed by atoms with Gasteiger partial charge in [-0.1, -0.05) is 61.9 Å². The molecular formula is C28H31FO2. The third kappa shape index (κ3) is 5.81. The minimum absolute atomic E-state index is 0.0248. The van der Waals surface area contributed by atoms with Crippen LogP contribution in [-0.2, 0) is 12.8 Å². The number of rotatable bonds is 10. The van der Waals surface area contributed by atoms with Crippen LogP contribution in [0.4, 0.5) is 4.39 Å². The first-order valence-electron chi connectivity index (χ1n) is 11.2. The fourth-order valence-corrected chi connectivity index (χ4v) is 3.83. The molecule has 0 N–H and O–H groups in total. The van der Waals surface area contributed by atoms with E-state index >= 15 is 0 Å². The fourth-order valence-electron chi connectivity index (χ4n) is 3.83. The van der Waals surface area contributed by atoms with Crippen molar-refractivity contribution >= 4 is 5.78 Å². The van der Waals surface area contributed by atoms with Crippen molar-refractivity contribution in [2.75, 3.05) is 6.61 Å². The van der Waals surface area contributed by atoms with Crippen LogP contribution >= 0.6 is 0 Å². The molecule has 2 nitrogen and oxygen atoms in total. The van der Waals surface area contributed by atoms with E-state index in [-0.39, 0.29) is 11.5 Å². The quantitative estimate of drug-likeness (QED) is 0.322. The average Bonchev–Trinajstić information content (AvgIpc) is 2.78. The van der Waals surface area contributed by atoms with E-state index in [2.05, 4.69) is 55.5 Å². The Hall–Kier alpha value is -2.94. The summed E-state index contributed by atoms with van der Waals surface area (Å²) in [4.78, 5) is 12.6. The minimum Gasteiger partial charge on any atom is -0.491 e. The standard InChI is InChI=1S/C28H31FO2/c1-4-7-21-10-14-23(15-11-21)24-16-12-22(13-17-24)8-6-9-26(30)25-18-19-27(31-5-2)28(29)20(25)3/h10-19H,4-9H2,1-3H3. The summed E-state index contributed by atoms with van der Waals surface area (Å²) in [5.74, 6) is -0.258. The number of ether oxygens (including phenoxy) is 1. The maximum Gasteiger partial charge on any atom is 0.168 e. The van der Waals surface area contributed by atoms with Crippen LogP contribution in [0.2, 0.25) is 0 Å². The van der Waals surface area contributed by atoms with Gasteiger partial charge in [0.05, 0.1) is 6.61 Å². The minimum atomic E-state index is -0.439. The Kier molecular flexibility index (Phi) is 8.00. The average molecular weight is 419 g/mol. The summed E-state index contributed by atoms with van der Waals surface area (Å²) in [6.07, 6.45) is 4.22. The summed E-state index contributed by atoms with van der Waals surface area (Å²) in [5, 5.41) is 0. The van der Waals surface area contributed by atoms with E-state index in [1.54, 1.807) is 19.1 Å². The number of hydrogen-bond donors (Lipinski definition) is 0. The van der Waals surface area contributed by atoms with E-state index in [4.69, 9.17) is 4.74 Å². The molecule has 0 aliphatic carbocycles. The van der Waals surface area contributed by atoms with Gasteiger partial charge in [0.2, 0.25) is 0 Å². The summed E-state index contributed by atoms with van der Waals surface area (Å²) in [6.45, 7) is 6.03. The molecule has 0 aromatic heterocycles. The van der Waals surface area contributed by atoms with Crippen molar-refractivity contribution in [3.8, 4) is 16.9 Å². The van der Waals surface area contributed by atoms with Crippen molar-refractivity contribution in [1.29, 1.82) is 0 Å². The van der Waals surface area contributed by atoms with Gasteiger partial charge in [-0.25, -0.2) is 4.39 Å². The van der Waals surface area contributed by atoms with Crippen molar-refractivity contribution in [2.45, 2.75) is 52.9 Å². The number of benzene rings is 3. The summed E-state index contributed by atoms with van der Waals surface area (Å²) < 4.78 is 19.6. The molecule has 31 heavy (non-hydrogen) atoms. The lowest BCUT2D eigenvalue weighted by molar-refractivity contribution is 0.0979. The molecule has 0 fully saturated rings. The van der Waals surface area contributed by atoms with Gasteiger partial charge < -0.3 is 4.74 Å². The number of carbonyl (C=O) groups excluding carboxylic acids is 1. The molecule has 0 radical (unpaired) electrons. The fraction of sp³-hybridized carbons (Fsp3) is 0.321. The second-order valence-corrected chi connectivity index (χ2v) is 7.90. The molecule has 0 bridgehead atoms. The summed E-state index contributed by atoms with van der Waals surface area (Å²) >= 11 is 0. The Balaban J connectivity index is 1.56. The van der Waals surface area contributed by atoms with Crippen molar-refractivity contribution in [3.05, 3.63) is 88.7 Å². The van der Waals surface area contributed by atoms with Gasteiger partial charge in [0.1, 0.15) is 0 Å². The van der Waals surface area contributed by atoms with Crippen LogP contribution in [0.1, 0.15) is 60.2 Å². The molecule has 0 aliphatic rings. The molecule has 0 atom stereocenters. The molecule has 3 aromatic carbocycles. The highest BCUT2D eigenvalue weighted by atomic mass is 19.1. The number of aryl methyl sites for hydroxylation is 2. The monoisotopic (exact) mass is 418 g/mol. The third-order valence-corrected chi connectivity index (χ3v) is 5.60. The number of hydrogen-bond acceptors (Lipinski definition) is 2. The smallest absolute Gasteiger partial charge is 0.168 e. The largest absolute Gasteiger partial charge is 0.491 e. The molecule has 0 saturated carbocycles. The molecule has 3 rings (SSSR count). The molecule has 0 saturated heterocycles. The number of ketones is 1. The summed E-state index contributed by atoms with van der Waals surface area (Å²) in [5.41, 5.74) is 5.80. The van der Waals surface area contributed by atoms with Gasteiger partial charge in [-0.3, -0.25) is 4.79 Å². The molecule has 0 aliphatic heterocycles. The Morgan fingerprint density at radius 1 is 0.839 bits per heavy atom. The van der Waals surface area contributed by atoms with E-state index in [0.29, 0.717) is 24.2 Å². The second kappa shape index (κ2) is 10.9. The lowest BCUT2D eigenvalue weighted by Crippen LogP contribution is -2.06. The molecule has 3 heteroatoms. The molecule has 0 spiro atoms. The molecule has 0 unspecified atom stereocenters. The topological polar surface area (TPSA) is 26.3 Å². The van der Waals surface area contributed by atoms with Gasteiger partial charge in [-0.05, 0) is 73.1 Å². The Morgan fingerprint density at radius 2 is 1.42 bits per heavy atom. The zero-order chi connectivity index (χ0) is 22.2. The number of carbonyl (C=O) groups is 1. The first-order chi connectivity index (χ1) is 15.0. The highest BCUT2D eigenvalue weighted by molar-refractivity contribution is 5.97. The first kappa shape index (κ1) is 22.7. The predicted molar refractivity (Wildman–Crippen MR) is 125 cm³/mol. The highest BCUT2D eigenvalue weighted by Gasteiger charge is 2.15. The Morgan fingerprint density at radius 3 is 1.97 bits per heavy atom. The van der Waals surface area contributed by atoms with Crippen LogP contribution in [0, 0.1) is 12.7 Å². The number of halogens is 1. The van der Waals surface area contributed by atoms with Crippen LogP contribution in [0.25, 0.3) is 11.1 Å². The van der Waals surface area contributed by atoms with Crippen LogP contribution in [0.3, 0.4) is 0 Å². The zero-order valence-corrected chi connectivity index (χ0v) is 18.7. The first-order valence-corrected chi connectivity index (χ1v) is 11.2. The van der Waals surface area contributed by atoms with Crippen LogP contribution < -0.4 is 4.74 Å². The van der Waals surface area contributed by atoms with Gasteiger partial charge in [-0.15, -0.1) is 0 Å². The normalized spacial score (nSPS) is 10.8. The van der Waals surface area contributed by atoms with E-state index in [9.17, 15) is 9.18 Å². The summed E-state index contributed by atoms with van der Waals surface area (Å²) in [7, 11) is 0. The van der Waals surface area contributed by atoms with Gasteiger partial charge in [-0.2, -0.15) is 0 Å². The van der Waals surface area contributed by atoms with Crippen molar-refractivity contribution in [2.24, 2.45) is 0 Å². The summed E-state index contributed by atoms with van der Waals surface area (Å²) in [6, 6.07) is 20.5. The number of Topliss-reactive ketones (excluding diaryl/α,β-unsaturated/α-hetero) is 1. The predicted octanol–water partition coefficient (Wildman–Crippen LogP) is 7.36. The van der Waals surface area contributed by atoms with E-state index in [0.717, 1.165) is 25.7 Å². The van der Waals surface area contributed by atoms with Gasteiger partial charge in [0.15, 0.2) is 17.3 Å². The van der Waals surface area contributed by atoms with E-state index in [1.165, 1.54) is 22.3 Å². The van der Waals surface area contributed by atoms with Gasteiger partial charge in [0, 0.05) is 12.0 Å².